The molecule has 0 radical (unpaired) electrons. The molecule has 21 heavy (non-hydrogen) atoms. The lowest BCUT2D eigenvalue weighted by atomic mass is 9.72. The van der Waals surface area contributed by atoms with Gasteiger partial charge in [0.25, 0.3) is 0 Å². The van der Waals surface area contributed by atoms with Crippen LogP contribution in [0.5, 0.6) is 0 Å². The van der Waals surface area contributed by atoms with E-state index in [2.05, 4.69) is 12.1 Å². The molecule has 0 atom stereocenters. The summed E-state index contributed by atoms with van der Waals surface area (Å²) in [4.78, 5) is 0. The van der Waals surface area contributed by atoms with Gasteiger partial charge < -0.3 is 10.3 Å². The SMILES string of the molecule is CC1(c2noc(N)c2-c2ccc(Cl)c(Cl)c2)CCCCC1. The Morgan fingerprint density at radius 3 is 2.52 bits per heavy atom. The van der Waals surface area contributed by atoms with Crippen molar-refractivity contribution in [1.82, 2.24) is 5.16 Å². The first-order valence-electron chi connectivity index (χ1n) is 7.22. The van der Waals surface area contributed by atoms with Crippen LogP contribution in [-0.4, -0.2) is 5.16 Å². The van der Waals surface area contributed by atoms with Crippen molar-refractivity contribution in [3.05, 3.63) is 33.9 Å². The van der Waals surface area contributed by atoms with E-state index in [-0.39, 0.29) is 5.41 Å². The highest BCUT2D eigenvalue weighted by Gasteiger charge is 2.35. The van der Waals surface area contributed by atoms with E-state index in [0.717, 1.165) is 29.7 Å². The fourth-order valence-electron chi connectivity index (χ4n) is 3.21. The fourth-order valence-corrected chi connectivity index (χ4v) is 3.51. The number of rotatable bonds is 2. The van der Waals surface area contributed by atoms with Gasteiger partial charge in [0.1, 0.15) is 0 Å². The lowest BCUT2D eigenvalue weighted by Crippen LogP contribution is -2.26. The third kappa shape index (κ3) is 2.65. The van der Waals surface area contributed by atoms with Crippen LogP contribution < -0.4 is 5.73 Å². The predicted molar refractivity (Wildman–Crippen MR) is 86.8 cm³/mol. The van der Waals surface area contributed by atoms with Gasteiger partial charge in [-0.05, 0) is 30.5 Å². The van der Waals surface area contributed by atoms with Crippen LogP contribution in [0.4, 0.5) is 5.88 Å². The number of nitrogen functional groups attached to an aromatic ring is 1. The smallest absolute Gasteiger partial charge is 0.230 e. The first-order chi connectivity index (χ1) is 10.0. The maximum absolute atomic E-state index is 6.13. The zero-order valence-electron chi connectivity index (χ0n) is 12.0. The van der Waals surface area contributed by atoms with Crippen LogP contribution in [0.2, 0.25) is 10.0 Å². The molecule has 5 heteroatoms. The van der Waals surface area contributed by atoms with Crippen LogP contribution in [0, 0.1) is 0 Å². The Hall–Kier alpha value is -1.19. The van der Waals surface area contributed by atoms with Gasteiger partial charge >= 0.3 is 0 Å². The summed E-state index contributed by atoms with van der Waals surface area (Å²) in [6.07, 6.45) is 5.92. The van der Waals surface area contributed by atoms with E-state index in [1.54, 1.807) is 6.07 Å². The van der Waals surface area contributed by atoms with Crippen LogP contribution in [0.25, 0.3) is 11.1 Å². The molecule has 1 aliphatic rings. The van der Waals surface area contributed by atoms with Gasteiger partial charge in [0.05, 0.1) is 21.3 Å². The summed E-state index contributed by atoms with van der Waals surface area (Å²) in [6, 6.07) is 5.51. The maximum atomic E-state index is 6.13. The monoisotopic (exact) mass is 324 g/mol. The average Bonchev–Trinajstić information content (AvgIpc) is 2.85. The van der Waals surface area contributed by atoms with Gasteiger partial charge in [0, 0.05) is 5.41 Å². The number of nitrogens with two attached hydrogens (primary N) is 1. The lowest BCUT2D eigenvalue weighted by Gasteiger charge is -2.32. The van der Waals surface area contributed by atoms with Gasteiger partial charge in [-0.25, -0.2) is 0 Å². The number of anilines is 1. The molecule has 112 valence electrons. The molecule has 3 nitrogen and oxygen atoms in total. The van der Waals surface area contributed by atoms with E-state index in [0.29, 0.717) is 15.9 Å². The summed E-state index contributed by atoms with van der Waals surface area (Å²) in [6.45, 7) is 2.24. The summed E-state index contributed by atoms with van der Waals surface area (Å²) in [7, 11) is 0. The topological polar surface area (TPSA) is 52.0 Å². The molecular weight excluding hydrogens is 307 g/mol. The number of aromatic nitrogens is 1. The van der Waals surface area contributed by atoms with Crippen molar-refractivity contribution >= 4 is 29.1 Å². The molecule has 0 bridgehead atoms. The van der Waals surface area contributed by atoms with E-state index in [1.165, 1.54) is 19.3 Å². The summed E-state index contributed by atoms with van der Waals surface area (Å²) in [5, 5.41) is 5.30. The molecule has 0 unspecified atom stereocenters. The van der Waals surface area contributed by atoms with E-state index in [1.807, 2.05) is 12.1 Å². The van der Waals surface area contributed by atoms with Crippen LogP contribution >= 0.6 is 23.2 Å². The molecule has 1 saturated carbocycles. The van der Waals surface area contributed by atoms with Crippen LogP contribution in [0.1, 0.15) is 44.7 Å². The third-order valence-corrected chi connectivity index (χ3v) is 5.19. The van der Waals surface area contributed by atoms with E-state index < -0.39 is 0 Å². The second-order valence-electron chi connectivity index (χ2n) is 6.02. The number of benzene rings is 1. The molecule has 0 spiro atoms. The van der Waals surface area contributed by atoms with Crippen molar-refractivity contribution in [1.29, 1.82) is 0 Å². The van der Waals surface area contributed by atoms with Gasteiger partial charge in [0.2, 0.25) is 5.88 Å². The Balaban J connectivity index is 2.10. The zero-order chi connectivity index (χ0) is 15.0. The Kier molecular flexibility index (Phi) is 3.89. The second-order valence-corrected chi connectivity index (χ2v) is 6.84. The van der Waals surface area contributed by atoms with Crippen molar-refractivity contribution in [3.63, 3.8) is 0 Å². The maximum Gasteiger partial charge on any atom is 0.230 e. The largest absolute Gasteiger partial charge is 0.367 e. The number of hydrogen-bond donors (Lipinski definition) is 1. The van der Waals surface area contributed by atoms with E-state index in [4.69, 9.17) is 33.5 Å². The highest BCUT2D eigenvalue weighted by molar-refractivity contribution is 6.42. The Labute approximate surface area is 134 Å². The fraction of sp³-hybridized carbons (Fsp3) is 0.438. The van der Waals surface area contributed by atoms with Gasteiger partial charge in [0.15, 0.2) is 0 Å². The van der Waals surface area contributed by atoms with Crippen molar-refractivity contribution < 1.29 is 4.52 Å². The first-order valence-corrected chi connectivity index (χ1v) is 7.98. The minimum atomic E-state index is 0.0147. The van der Waals surface area contributed by atoms with Gasteiger partial charge in [-0.15, -0.1) is 0 Å². The van der Waals surface area contributed by atoms with Crippen molar-refractivity contribution in [2.45, 2.75) is 44.4 Å². The number of hydrogen-bond acceptors (Lipinski definition) is 3. The quantitative estimate of drug-likeness (QED) is 0.798. The average molecular weight is 325 g/mol. The van der Waals surface area contributed by atoms with Crippen molar-refractivity contribution in [2.75, 3.05) is 5.73 Å². The summed E-state index contributed by atoms with van der Waals surface area (Å²) >= 11 is 12.1. The molecule has 2 N–H and O–H groups in total. The number of nitrogens with zero attached hydrogens (tertiary/aromatic N) is 1. The summed E-state index contributed by atoms with van der Waals surface area (Å²) in [5.41, 5.74) is 8.75. The molecule has 1 fully saturated rings. The van der Waals surface area contributed by atoms with E-state index >= 15 is 0 Å². The van der Waals surface area contributed by atoms with Gasteiger partial charge in [-0.3, -0.25) is 0 Å². The Morgan fingerprint density at radius 1 is 1.14 bits per heavy atom. The van der Waals surface area contributed by atoms with Crippen LogP contribution in [-0.2, 0) is 5.41 Å². The van der Waals surface area contributed by atoms with Crippen molar-refractivity contribution in [3.8, 4) is 11.1 Å². The standard InChI is InChI=1S/C16H18Cl2N2O/c1-16(7-3-2-4-8-16)14-13(15(19)21-20-14)10-5-6-11(17)12(18)9-10/h5-6,9H,2-4,7-8,19H2,1H3. The molecule has 1 heterocycles. The molecule has 1 aromatic heterocycles. The normalized spacial score (nSPS) is 17.9. The molecule has 1 aliphatic carbocycles. The molecular formula is C16H18Cl2N2O. The molecule has 0 saturated heterocycles. The number of halogens is 2. The highest BCUT2D eigenvalue weighted by Crippen LogP contribution is 2.45. The molecule has 1 aromatic carbocycles. The minimum Gasteiger partial charge on any atom is -0.367 e. The predicted octanol–water partition coefficient (Wildman–Crippen LogP) is 5.45. The van der Waals surface area contributed by atoms with Gasteiger partial charge in [-0.2, -0.15) is 0 Å². The minimum absolute atomic E-state index is 0.0147. The molecule has 0 amide bonds. The van der Waals surface area contributed by atoms with Crippen LogP contribution in [0.15, 0.2) is 22.7 Å². The Bertz CT molecular complexity index is 660. The third-order valence-electron chi connectivity index (χ3n) is 4.46. The van der Waals surface area contributed by atoms with Crippen molar-refractivity contribution in [2.24, 2.45) is 0 Å². The molecule has 2 aromatic rings. The first kappa shape index (κ1) is 14.7. The lowest BCUT2D eigenvalue weighted by molar-refractivity contribution is 0.295. The Morgan fingerprint density at radius 2 is 1.86 bits per heavy atom. The second kappa shape index (κ2) is 5.54. The molecule has 3 rings (SSSR count). The summed E-state index contributed by atoms with van der Waals surface area (Å²) < 4.78 is 5.29. The zero-order valence-corrected chi connectivity index (χ0v) is 13.5. The van der Waals surface area contributed by atoms with E-state index in [9.17, 15) is 0 Å². The summed E-state index contributed by atoms with van der Waals surface area (Å²) in [5.74, 6) is 0.343. The van der Waals surface area contributed by atoms with Crippen LogP contribution in [0.3, 0.4) is 0 Å². The highest BCUT2D eigenvalue weighted by atomic mass is 35.5. The molecule has 0 aliphatic heterocycles. The van der Waals surface area contributed by atoms with Gasteiger partial charge in [-0.1, -0.05) is 60.6 Å².